The average molecular weight is 182 g/mol. The van der Waals surface area contributed by atoms with E-state index in [0.29, 0.717) is 0 Å². The number of rotatable bonds is 2. The lowest BCUT2D eigenvalue weighted by Gasteiger charge is -1.87. The number of hydrogen-bond donors (Lipinski definition) is 0. The summed E-state index contributed by atoms with van der Waals surface area (Å²) >= 11 is 0. The highest BCUT2D eigenvalue weighted by molar-refractivity contribution is 6.39. The topological polar surface area (TPSA) is 106 Å². The van der Waals surface area contributed by atoms with Crippen LogP contribution in [0, 0.1) is 0 Å². The maximum Gasteiger partial charge on any atom is 0.446 e. The summed E-state index contributed by atoms with van der Waals surface area (Å²) < 4.78 is 4.32. The Balaban J connectivity index is 3.06. The molecule has 0 atom stereocenters. The maximum atomic E-state index is 10.9. The van der Waals surface area contributed by atoms with Crippen LogP contribution in [-0.4, -0.2) is 43.8 Å². The molecule has 0 bridgehead atoms. The zero-order valence-electron chi connectivity index (χ0n) is 7.00. The molecule has 0 saturated heterocycles. The highest BCUT2D eigenvalue weighted by Crippen LogP contribution is 1.89. The molecule has 1 rings (SSSR count). The van der Waals surface area contributed by atoms with Crippen LogP contribution < -0.4 is 0 Å². The Bertz CT molecular complexity index is 376. The van der Waals surface area contributed by atoms with Gasteiger partial charge < -0.3 is 10.3 Å². The second kappa shape index (κ2) is 3.55. The molecule has 8 heteroatoms. The number of methoxy groups -OCH3 is 1. The van der Waals surface area contributed by atoms with Crippen LogP contribution >= 0.6 is 0 Å². The lowest BCUT2D eigenvalue weighted by molar-refractivity contribution is -0.137. The summed E-state index contributed by atoms with van der Waals surface area (Å²) in [5.74, 6) is -0.910. The van der Waals surface area contributed by atoms with E-state index in [1.807, 2.05) is 0 Å². The van der Waals surface area contributed by atoms with Gasteiger partial charge in [0.2, 0.25) is 0 Å². The molecule has 0 saturated carbocycles. The number of aryl methyl sites for hydroxylation is 1. The van der Waals surface area contributed by atoms with Crippen molar-refractivity contribution in [3.8, 4) is 0 Å². The molecule has 68 valence electrons. The molecule has 1 aromatic rings. The molecule has 1 aromatic heterocycles. The van der Waals surface area contributed by atoms with Crippen molar-refractivity contribution in [1.29, 1.82) is 0 Å². The van der Waals surface area contributed by atoms with Gasteiger partial charge in [0.15, 0.2) is 0 Å². The molecule has 0 N–H and O–H groups in total. The monoisotopic (exact) mass is 182 g/mol. The number of carbonyl (C=O) groups excluding carboxylic acids is 1. The first-order chi connectivity index (χ1) is 6.19. The predicted octanol–water partition coefficient (Wildman–Crippen LogP) is -1.60. The molecule has 8 nitrogen and oxygen atoms in total. The van der Waals surface area contributed by atoms with E-state index in [9.17, 15) is 4.79 Å². The van der Waals surface area contributed by atoms with Crippen molar-refractivity contribution in [1.82, 2.24) is 20.2 Å². The number of esters is 1. The Kier molecular flexibility index (Phi) is 2.46. The summed E-state index contributed by atoms with van der Waals surface area (Å²) in [4.78, 5) is 14.8. The standard InChI is InChI=1S/C5H6N6O2/c1-11-9-4(8-10-11)3(7-6)5(12)13-2/h1-2H3. The van der Waals surface area contributed by atoms with E-state index >= 15 is 0 Å². The number of aromatic nitrogens is 4. The smallest absolute Gasteiger partial charge is 0.446 e. The van der Waals surface area contributed by atoms with Gasteiger partial charge in [-0.05, 0) is 5.21 Å². The molecule has 0 radical (unpaired) electrons. The predicted molar refractivity (Wildman–Crippen MR) is 38.5 cm³/mol. The average Bonchev–Trinajstić information content (AvgIpc) is 2.53. The SMILES string of the molecule is COC(=O)C(=[N+]=[N-])c1nnn(C)n1. The van der Waals surface area contributed by atoms with Gasteiger partial charge in [-0.15, -0.1) is 5.10 Å². The third-order valence-corrected chi connectivity index (χ3v) is 1.20. The minimum Gasteiger partial charge on any atom is -0.460 e. The van der Waals surface area contributed by atoms with Gasteiger partial charge in [-0.2, -0.15) is 9.59 Å². The zero-order valence-corrected chi connectivity index (χ0v) is 7.00. The van der Waals surface area contributed by atoms with Crippen LogP contribution in [0.15, 0.2) is 0 Å². The second-order valence-corrected chi connectivity index (χ2v) is 2.04. The fraction of sp³-hybridized carbons (Fsp3) is 0.400. The fourth-order valence-corrected chi connectivity index (χ4v) is 0.652. The van der Waals surface area contributed by atoms with Gasteiger partial charge in [0.25, 0.3) is 5.82 Å². The van der Waals surface area contributed by atoms with Crippen molar-refractivity contribution < 1.29 is 14.3 Å². The first-order valence-electron chi connectivity index (χ1n) is 3.23. The normalized spacial score (nSPS) is 9.08. The van der Waals surface area contributed by atoms with Gasteiger partial charge in [-0.1, -0.05) is 5.10 Å². The van der Waals surface area contributed by atoms with Crippen LogP contribution in [0.1, 0.15) is 5.82 Å². The summed E-state index contributed by atoms with van der Waals surface area (Å²) in [6.45, 7) is 0. The number of ether oxygens (including phenoxy) is 1. The Morgan fingerprint density at radius 3 is 2.77 bits per heavy atom. The van der Waals surface area contributed by atoms with E-state index in [-0.39, 0.29) is 11.5 Å². The highest BCUT2D eigenvalue weighted by atomic mass is 16.5. The van der Waals surface area contributed by atoms with Crippen LogP contribution in [0.3, 0.4) is 0 Å². The zero-order chi connectivity index (χ0) is 9.84. The molecular formula is C5H6N6O2. The first kappa shape index (κ1) is 9.01. The maximum absolute atomic E-state index is 10.9. The summed E-state index contributed by atoms with van der Waals surface area (Å²) in [5, 5.41) is 10.6. The van der Waals surface area contributed by atoms with E-state index in [1.165, 1.54) is 7.05 Å². The van der Waals surface area contributed by atoms with Crippen molar-refractivity contribution in [2.75, 3.05) is 7.11 Å². The molecule has 0 aromatic carbocycles. The van der Waals surface area contributed by atoms with Gasteiger partial charge in [-0.3, -0.25) is 0 Å². The molecule has 0 aliphatic heterocycles. The minimum atomic E-state index is -0.824. The van der Waals surface area contributed by atoms with Gasteiger partial charge in [0.1, 0.15) is 0 Å². The van der Waals surface area contributed by atoms with Crippen molar-refractivity contribution in [2.24, 2.45) is 7.05 Å². The fourth-order valence-electron chi connectivity index (χ4n) is 0.652. The molecule has 1 heterocycles. The Morgan fingerprint density at radius 2 is 2.38 bits per heavy atom. The van der Waals surface area contributed by atoms with Gasteiger partial charge in [0, 0.05) is 0 Å². The van der Waals surface area contributed by atoms with Crippen molar-refractivity contribution in [2.45, 2.75) is 0 Å². The van der Waals surface area contributed by atoms with Crippen LogP contribution in [0.2, 0.25) is 0 Å². The number of tetrazole rings is 1. The lowest BCUT2D eigenvalue weighted by atomic mass is 10.4. The van der Waals surface area contributed by atoms with E-state index in [0.717, 1.165) is 11.9 Å². The Hall–Kier alpha value is -2.08. The molecule has 13 heavy (non-hydrogen) atoms. The summed E-state index contributed by atoms with van der Waals surface area (Å²) in [6, 6.07) is 0. The van der Waals surface area contributed by atoms with Crippen molar-refractivity contribution >= 4 is 11.7 Å². The van der Waals surface area contributed by atoms with Crippen LogP contribution in [0.25, 0.3) is 5.53 Å². The third-order valence-electron chi connectivity index (χ3n) is 1.20. The van der Waals surface area contributed by atoms with E-state index in [2.05, 4.69) is 24.9 Å². The van der Waals surface area contributed by atoms with Crippen molar-refractivity contribution in [3.05, 3.63) is 11.4 Å². The number of carbonyl (C=O) groups is 1. The van der Waals surface area contributed by atoms with E-state index in [4.69, 9.17) is 5.53 Å². The lowest BCUT2D eigenvalue weighted by Crippen LogP contribution is -2.19. The molecular weight excluding hydrogens is 176 g/mol. The second-order valence-electron chi connectivity index (χ2n) is 2.04. The highest BCUT2D eigenvalue weighted by Gasteiger charge is 2.28. The number of hydrogen-bond acceptors (Lipinski definition) is 5. The molecule has 0 aliphatic carbocycles. The van der Waals surface area contributed by atoms with Crippen LogP contribution in [-0.2, 0) is 16.6 Å². The van der Waals surface area contributed by atoms with Gasteiger partial charge in [-0.25, -0.2) is 4.79 Å². The summed E-state index contributed by atoms with van der Waals surface area (Å²) in [5.41, 5.74) is 8.08. The van der Waals surface area contributed by atoms with Crippen LogP contribution in [0.5, 0.6) is 0 Å². The van der Waals surface area contributed by atoms with E-state index < -0.39 is 5.97 Å². The molecule has 0 fully saturated rings. The summed E-state index contributed by atoms with van der Waals surface area (Å²) in [7, 11) is 2.67. The molecule has 0 amide bonds. The Labute approximate surface area is 72.7 Å². The van der Waals surface area contributed by atoms with Crippen LogP contribution in [0.4, 0.5) is 0 Å². The molecule has 0 spiro atoms. The molecule has 0 unspecified atom stereocenters. The minimum absolute atomic E-state index is 0.0862. The van der Waals surface area contributed by atoms with Gasteiger partial charge in [0.05, 0.1) is 14.2 Å². The largest absolute Gasteiger partial charge is 0.460 e. The molecule has 0 aliphatic rings. The Morgan fingerprint density at radius 1 is 1.69 bits per heavy atom. The van der Waals surface area contributed by atoms with Gasteiger partial charge >= 0.3 is 11.7 Å². The first-order valence-corrected chi connectivity index (χ1v) is 3.23. The van der Waals surface area contributed by atoms with E-state index in [1.54, 1.807) is 0 Å². The van der Waals surface area contributed by atoms with Crippen molar-refractivity contribution in [3.63, 3.8) is 0 Å². The number of nitrogens with zero attached hydrogens (tertiary/aromatic N) is 6. The quantitative estimate of drug-likeness (QED) is 0.237. The third kappa shape index (κ3) is 1.74. The summed E-state index contributed by atoms with van der Waals surface area (Å²) in [6.07, 6.45) is 0.